The van der Waals surface area contributed by atoms with Gasteiger partial charge in [0.15, 0.2) is 0 Å². The molecule has 0 bridgehead atoms. The van der Waals surface area contributed by atoms with Gasteiger partial charge in [0.1, 0.15) is 6.20 Å². The van der Waals surface area contributed by atoms with Crippen molar-refractivity contribution in [3.8, 4) is 0 Å². The molecular formula is C11H19N2+. The Bertz CT molecular complexity index is 274. The van der Waals surface area contributed by atoms with E-state index in [4.69, 9.17) is 0 Å². The van der Waals surface area contributed by atoms with Crippen LogP contribution in [0.5, 0.6) is 0 Å². The first kappa shape index (κ1) is 10.2. The zero-order valence-corrected chi connectivity index (χ0v) is 9.04. The SMILES string of the molecule is Cc1cnc[n+](CCC(C)(C)C)c1. The predicted molar refractivity (Wildman–Crippen MR) is 53.2 cm³/mol. The van der Waals surface area contributed by atoms with E-state index in [9.17, 15) is 0 Å². The Hall–Kier alpha value is -0.920. The van der Waals surface area contributed by atoms with Gasteiger partial charge in [-0.1, -0.05) is 25.8 Å². The summed E-state index contributed by atoms with van der Waals surface area (Å²) in [5, 5.41) is 0. The molecule has 0 atom stereocenters. The van der Waals surface area contributed by atoms with Crippen molar-refractivity contribution in [2.24, 2.45) is 5.41 Å². The van der Waals surface area contributed by atoms with Crippen molar-refractivity contribution < 1.29 is 4.57 Å². The van der Waals surface area contributed by atoms with Crippen LogP contribution in [0.15, 0.2) is 18.7 Å². The molecule has 0 saturated carbocycles. The van der Waals surface area contributed by atoms with Gasteiger partial charge in [0, 0.05) is 5.56 Å². The molecule has 0 aliphatic carbocycles. The van der Waals surface area contributed by atoms with Gasteiger partial charge in [0.25, 0.3) is 6.33 Å². The van der Waals surface area contributed by atoms with E-state index in [2.05, 4.69) is 43.4 Å². The minimum atomic E-state index is 0.400. The van der Waals surface area contributed by atoms with Crippen molar-refractivity contribution in [3.05, 3.63) is 24.3 Å². The molecule has 1 aromatic heterocycles. The highest BCUT2D eigenvalue weighted by molar-refractivity contribution is 4.93. The number of hydrogen-bond donors (Lipinski definition) is 0. The number of nitrogens with zero attached hydrogens (tertiary/aromatic N) is 2. The first-order valence-corrected chi connectivity index (χ1v) is 4.78. The molecule has 0 fully saturated rings. The van der Waals surface area contributed by atoms with Crippen LogP contribution in [0, 0.1) is 12.3 Å². The van der Waals surface area contributed by atoms with Gasteiger partial charge in [-0.05, 0) is 18.8 Å². The number of rotatable bonds is 2. The van der Waals surface area contributed by atoms with Crippen LogP contribution in [-0.4, -0.2) is 4.98 Å². The molecule has 2 nitrogen and oxygen atoms in total. The Kier molecular flexibility index (Phi) is 3.02. The second kappa shape index (κ2) is 3.86. The predicted octanol–water partition coefficient (Wildman–Crippen LogP) is 2.11. The fourth-order valence-electron chi connectivity index (χ4n) is 1.15. The highest BCUT2D eigenvalue weighted by Gasteiger charge is 2.11. The third-order valence-corrected chi connectivity index (χ3v) is 1.98. The minimum Gasteiger partial charge on any atom is -0.237 e. The molecule has 0 spiro atoms. The van der Waals surface area contributed by atoms with Gasteiger partial charge in [-0.2, -0.15) is 0 Å². The summed E-state index contributed by atoms with van der Waals surface area (Å²) >= 11 is 0. The molecule has 0 aromatic carbocycles. The molecular weight excluding hydrogens is 160 g/mol. The molecule has 0 saturated heterocycles. The van der Waals surface area contributed by atoms with Crippen molar-refractivity contribution in [2.45, 2.75) is 40.7 Å². The number of aromatic nitrogens is 2. The Labute approximate surface area is 80.6 Å². The summed E-state index contributed by atoms with van der Waals surface area (Å²) in [4.78, 5) is 4.15. The summed E-state index contributed by atoms with van der Waals surface area (Å²) < 4.78 is 2.15. The standard InChI is InChI=1S/C11H19N2/c1-10-7-12-9-13(8-10)6-5-11(2,3)4/h7-9H,5-6H2,1-4H3/q+1. The molecule has 1 rings (SSSR count). The smallest absolute Gasteiger partial charge is 0.237 e. The van der Waals surface area contributed by atoms with Gasteiger partial charge in [-0.15, -0.1) is 0 Å². The molecule has 2 heteroatoms. The summed E-state index contributed by atoms with van der Waals surface area (Å²) in [6, 6.07) is 0. The Morgan fingerprint density at radius 2 is 2.08 bits per heavy atom. The monoisotopic (exact) mass is 179 g/mol. The van der Waals surface area contributed by atoms with Crippen LogP contribution in [0.3, 0.4) is 0 Å². The lowest BCUT2D eigenvalue weighted by atomic mass is 9.92. The van der Waals surface area contributed by atoms with Crippen molar-refractivity contribution in [3.63, 3.8) is 0 Å². The highest BCUT2D eigenvalue weighted by atomic mass is 15.0. The first-order chi connectivity index (χ1) is 5.97. The minimum absolute atomic E-state index is 0.400. The number of aryl methyl sites for hydroxylation is 2. The van der Waals surface area contributed by atoms with E-state index >= 15 is 0 Å². The molecule has 0 N–H and O–H groups in total. The van der Waals surface area contributed by atoms with Gasteiger partial charge < -0.3 is 0 Å². The molecule has 1 heterocycles. The quantitative estimate of drug-likeness (QED) is 0.635. The Morgan fingerprint density at radius 3 is 2.62 bits per heavy atom. The van der Waals surface area contributed by atoms with Crippen LogP contribution >= 0.6 is 0 Å². The lowest BCUT2D eigenvalue weighted by Gasteiger charge is -2.16. The van der Waals surface area contributed by atoms with Crippen LogP contribution in [0.4, 0.5) is 0 Å². The first-order valence-electron chi connectivity index (χ1n) is 4.78. The van der Waals surface area contributed by atoms with Crippen molar-refractivity contribution >= 4 is 0 Å². The van der Waals surface area contributed by atoms with Gasteiger partial charge in [-0.25, -0.2) is 4.57 Å². The van der Waals surface area contributed by atoms with Crippen LogP contribution < -0.4 is 4.57 Å². The van der Waals surface area contributed by atoms with E-state index in [-0.39, 0.29) is 0 Å². The van der Waals surface area contributed by atoms with Crippen molar-refractivity contribution in [2.75, 3.05) is 0 Å². The second-order valence-electron chi connectivity index (χ2n) is 4.82. The van der Waals surface area contributed by atoms with Crippen LogP contribution in [0.25, 0.3) is 0 Å². The van der Waals surface area contributed by atoms with E-state index in [1.165, 1.54) is 12.0 Å². The molecule has 0 aliphatic heterocycles. The Balaban J connectivity index is 2.55. The molecule has 0 aliphatic rings. The fourth-order valence-corrected chi connectivity index (χ4v) is 1.15. The van der Waals surface area contributed by atoms with Gasteiger partial charge in [0.2, 0.25) is 0 Å². The molecule has 0 unspecified atom stereocenters. The average molecular weight is 179 g/mol. The molecule has 0 amide bonds. The topological polar surface area (TPSA) is 16.8 Å². The Morgan fingerprint density at radius 1 is 1.38 bits per heavy atom. The maximum atomic E-state index is 4.15. The second-order valence-corrected chi connectivity index (χ2v) is 4.82. The summed E-state index contributed by atoms with van der Waals surface area (Å²) in [7, 11) is 0. The molecule has 1 aromatic rings. The fraction of sp³-hybridized carbons (Fsp3) is 0.636. The highest BCUT2D eigenvalue weighted by Crippen LogP contribution is 2.17. The van der Waals surface area contributed by atoms with E-state index in [0.29, 0.717) is 5.41 Å². The summed E-state index contributed by atoms with van der Waals surface area (Å²) in [5.41, 5.74) is 1.62. The largest absolute Gasteiger partial charge is 0.286 e. The van der Waals surface area contributed by atoms with E-state index in [1.807, 2.05) is 12.5 Å². The van der Waals surface area contributed by atoms with Crippen LogP contribution in [0.2, 0.25) is 0 Å². The van der Waals surface area contributed by atoms with Gasteiger partial charge in [-0.3, -0.25) is 0 Å². The molecule has 0 radical (unpaired) electrons. The summed E-state index contributed by atoms with van der Waals surface area (Å²) in [6.45, 7) is 9.91. The lowest BCUT2D eigenvalue weighted by Crippen LogP contribution is -2.35. The zero-order chi connectivity index (χ0) is 9.90. The van der Waals surface area contributed by atoms with Crippen molar-refractivity contribution in [1.82, 2.24) is 4.98 Å². The van der Waals surface area contributed by atoms with Crippen LogP contribution in [-0.2, 0) is 6.54 Å². The maximum absolute atomic E-state index is 4.15. The summed E-state index contributed by atoms with van der Waals surface area (Å²) in [6.07, 6.45) is 7.09. The average Bonchev–Trinajstić information content (AvgIpc) is 2.00. The molecule has 13 heavy (non-hydrogen) atoms. The normalized spacial score (nSPS) is 11.7. The third-order valence-electron chi connectivity index (χ3n) is 1.98. The van der Waals surface area contributed by atoms with Gasteiger partial charge in [0.05, 0.1) is 12.7 Å². The zero-order valence-electron chi connectivity index (χ0n) is 9.04. The van der Waals surface area contributed by atoms with Crippen molar-refractivity contribution in [1.29, 1.82) is 0 Å². The van der Waals surface area contributed by atoms with E-state index in [1.54, 1.807) is 0 Å². The molecule has 72 valence electrons. The summed E-state index contributed by atoms with van der Waals surface area (Å²) in [5.74, 6) is 0. The lowest BCUT2D eigenvalue weighted by molar-refractivity contribution is -0.701. The maximum Gasteiger partial charge on any atom is 0.286 e. The van der Waals surface area contributed by atoms with Crippen LogP contribution in [0.1, 0.15) is 32.8 Å². The van der Waals surface area contributed by atoms with E-state index < -0.39 is 0 Å². The third kappa shape index (κ3) is 4.02. The van der Waals surface area contributed by atoms with E-state index in [0.717, 1.165) is 6.54 Å². The van der Waals surface area contributed by atoms with Gasteiger partial charge >= 0.3 is 0 Å². The number of hydrogen-bond acceptors (Lipinski definition) is 1.